The van der Waals surface area contributed by atoms with E-state index in [1.165, 1.54) is 17.7 Å². The summed E-state index contributed by atoms with van der Waals surface area (Å²) >= 11 is 0. The highest BCUT2D eigenvalue weighted by atomic mass is 19.1. The van der Waals surface area contributed by atoms with Gasteiger partial charge in [0, 0.05) is 11.5 Å². The number of carbonyl (C=O) groups is 1. The molecule has 0 aliphatic rings. The maximum atomic E-state index is 13.1. The van der Waals surface area contributed by atoms with Crippen LogP contribution < -0.4 is 10.4 Å². The molecule has 1 unspecified atom stereocenters. The molecule has 0 aliphatic carbocycles. The van der Waals surface area contributed by atoms with E-state index in [1.807, 2.05) is 24.3 Å². The van der Waals surface area contributed by atoms with Gasteiger partial charge in [-0.1, -0.05) is 38.1 Å². The van der Waals surface area contributed by atoms with Gasteiger partial charge in [-0.05, 0) is 47.7 Å². The van der Waals surface area contributed by atoms with E-state index in [2.05, 4.69) is 39.8 Å². The summed E-state index contributed by atoms with van der Waals surface area (Å²) < 4.78 is 13.1. The van der Waals surface area contributed by atoms with E-state index in [0.717, 1.165) is 5.56 Å². The minimum Gasteiger partial charge on any atom is -0.335 e. The van der Waals surface area contributed by atoms with Crippen molar-refractivity contribution in [2.45, 2.75) is 32.1 Å². The molecule has 1 atom stereocenters. The summed E-state index contributed by atoms with van der Waals surface area (Å²) in [7, 11) is 0. The molecule has 1 amide bonds. The van der Waals surface area contributed by atoms with E-state index in [0.29, 0.717) is 18.0 Å². The van der Waals surface area contributed by atoms with Crippen molar-refractivity contribution >= 4 is 11.6 Å². The number of halogens is 1. The summed E-state index contributed by atoms with van der Waals surface area (Å²) in [6.45, 7) is 4.22. The Morgan fingerprint density at radius 3 is 2.38 bits per heavy atom. The quantitative estimate of drug-likeness (QED) is 0.737. The van der Waals surface area contributed by atoms with Crippen molar-refractivity contribution in [3.05, 3.63) is 71.3 Å². The summed E-state index contributed by atoms with van der Waals surface area (Å²) in [6, 6.07) is 13.7. The average molecular weight is 352 g/mol. The molecule has 0 bridgehead atoms. The highest BCUT2D eigenvalue weighted by molar-refractivity contribution is 5.95. The molecular formula is C19H19FN5O-. The van der Waals surface area contributed by atoms with Crippen LogP contribution in [0, 0.1) is 5.82 Å². The van der Waals surface area contributed by atoms with Crippen LogP contribution in [0.5, 0.6) is 0 Å². The Balaban J connectivity index is 1.77. The van der Waals surface area contributed by atoms with Crippen LogP contribution >= 0.6 is 0 Å². The number of benzene rings is 2. The predicted molar refractivity (Wildman–Crippen MR) is 95.2 cm³/mol. The number of hydrogen-bond acceptors (Lipinski definition) is 4. The van der Waals surface area contributed by atoms with Crippen LogP contribution in [0.3, 0.4) is 0 Å². The zero-order valence-electron chi connectivity index (χ0n) is 14.6. The van der Waals surface area contributed by atoms with Crippen LogP contribution in [0.1, 0.15) is 42.6 Å². The van der Waals surface area contributed by atoms with Crippen LogP contribution in [0.25, 0.3) is 0 Å². The second-order valence-corrected chi connectivity index (χ2v) is 6.39. The van der Waals surface area contributed by atoms with E-state index < -0.39 is 5.92 Å². The van der Waals surface area contributed by atoms with Gasteiger partial charge in [0.05, 0.1) is 5.92 Å². The summed E-state index contributed by atoms with van der Waals surface area (Å²) in [6.07, 6.45) is 0.323. The first kappa shape index (κ1) is 17.7. The third-order valence-corrected chi connectivity index (χ3v) is 4.16. The van der Waals surface area contributed by atoms with Crippen LogP contribution in [0.2, 0.25) is 0 Å². The van der Waals surface area contributed by atoms with Gasteiger partial charge in [0.15, 0.2) is 0 Å². The van der Waals surface area contributed by atoms with Gasteiger partial charge in [-0.15, -0.1) is 0 Å². The normalized spacial score (nSPS) is 12.2. The molecule has 1 heterocycles. The van der Waals surface area contributed by atoms with Crippen molar-refractivity contribution in [2.75, 3.05) is 5.32 Å². The van der Waals surface area contributed by atoms with Gasteiger partial charge in [0.25, 0.3) is 0 Å². The Morgan fingerprint density at radius 1 is 1.12 bits per heavy atom. The van der Waals surface area contributed by atoms with Crippen molar-refractivity contribution in [2.24, 2.45) is 0 Å². The zero-order chi connectivity index (χ0) is 18.5. The first-order chi connectivity index (χ1) is 12.5. The van der Waals surface area contributed by atoms with Crippen LogP contribution in [0.15, 0.2) is 48.5 Å². The van der Waals surface area contributed by atoms with Crippen LogP contribution in [0.4, 0.5) is 10.1 Å². The number of anilines is 1. The van der Waals surface area contributed by atoms with Crippen LogP contribution in [-0.2, 0) is 11.2 Å². The number of nitrogens with one attached hydrogen (secondary N) is 1. The van der Waals surface area contributed by atoms with E-state index in [-0.39, 0.29) is 17.5 Å². The van der Waals surface area contributed by atoms with Gasteiger partial charge >= 0.3 is 0 Å². The number of amides is 1. The Hall–Kier alpha value is -3.09. The minimum atomic E-state index is -0.666. The topological polar surface area (TPSA) is 81.9 Å². The maximum absolute atomic E-state index is 13.1. The molecule has 0 spiro atoms. The molecular weight excluding hydrogens is 333 g/mol. The number of nitrogens with zero attached hydrogens (tertiary/aromatic N) is 4. The molecule has 134 valence electrons. The monoisotopic (exact) mass is 352 g/mol. The van der Waals surface area contributed by atoms with E-state index in [1.54, 1.807) is 12.1 Å². The van der Waals surface area contributed by atoms with E-state index in [4.69, 9.17) is 0 Å². The maximum Gasteiger partial charge on any atom is 0.232 e. The first-order valence-corrected chi connectivity index (χ1v) is 8.37. The Labute approximate surface area is 150 Å². The van der Waals surface area contributed by atoms with Gasteiger partial charge in [0.2, 0.25) is 5.91 Å². The van der Waals surface area contributed by atoms with E-state index >= 15 is 0 Å². The molecule has 0 fully saturated rings. The lowest BCUT2D eigenvalue weighted by molar-refractivity contribution is -0.117. The number of carbonyl (C=O) groups excluding carboxylic acids is 1. The van der Waals surface area contributed by atoms with Crippen molar-refractivity contribution in [1.29, 1.82) is 0 Å². The summed E-state index contributed by atoms with van der Waals surface area (Å²) in [5.74, 6) is -0.596. The molecule has 0 radical (unpaired) electrons. The smallest absolute Gasteiger partial charge is 0.232 e. The fraction of sp³-hybridized carbons (Fsp3) is 0.263. The SMILES string of the molecule is CC(C)c1ccc(NC(=O)C(Cc2ccc(F)cc2)c2nnn[n-]2)cc1. The molecule has 0 saturated carbocycles. The highest BCUT2D eigenvalue weighted by Gasteiger charge is 2.21. The third-order valence-electron chi connectivity index (χ3n) is 4.16. The lowest BCUT2D eigenvalue weighted by Crippen LogP contribution is -2.24. The summed E-state index contributed by atoms with van der Waals surface area (Å²) in [5.41, 5.74) is 2.68. The Morgan fingerprint density at radius 2 is 1.81 bits per heavy atom. The molecule has 0 saturated heterocycles. The molecule has 3 aromatic rings. The largest absolute Gasteiger partial charge is 0.335 e. The van der Waals surface area contributed by atoms with E-state index in [9.17, 15) is 9.18 Å². The lowest BCUT2D eigenvalue weighted by Gasteiger charge is -2.17. The number of tetrazole rings is 1. The molecule has 1 N–H and O–H groups in total. The van der Waals surface area contributed by atoms with Gasteiger partial charge in [0.1, 0.15) is 5.82 Å². The molecule has 2 aromatic carbocycles. The second-order valence-electron chi connectivity index (χ2n) is 6.39. The fourth-order valence-corrected chi connectivity index (χ4v) is 2.63. The number of aromatic nitrogens is 4. The summed E-state index contributed by atoms with van der Waals surface area (Å²) in [5, 5.41) is 17.5. The second kappa shape index (κ2) is 7.86. The van der Waals surface area contributed by atoms with Gasteiger partial charge < -0.3 is 10.4 Å². The Bertz CT molecular complexity index is 845. The molecule has 3 rings (SSSR count). The predicted octanol–water partition coefficient (Wildman–Crippen LogP) is 3.06. The Kier molecular flexibility index (Phi) is 5.36. The molecule has 1 aromatic heterocycles. The van der Waals surface area contributed by atoms with Gasteiger partial charge in [-0.25, -0.2) is 4.39 Å². The number of hydrogen-bond donors (Lipinski definition) is 1. The number of rotatable bonds is 6. The molecule has 26 heavy (non-hydrogen) atoms. The summed E-state index contributed by atoms with van der Waals surface area (Å²) in [4.78, 5) is 12.8. The van der Waals surface area contributed by atoms with Crippen molar-refractivity contribution in [1.82, 2.24) is 20.6 Å². The average Bonchev–Trinajstić information content (AvgIpc) is 3.16. The van der Waals surface area contributed by atoms with Gasteiger partial charge in [-0.3, -0.25) is 15.1 Å². The van der Waals surface area contributed by atoms with Gasteiger partial charge in [-0.2, -0.15) is 5.21 Å². The van der Waals surface area contributed by atoms with Crippen molar-refractivity contribution < 1.29 is 9.18 Å². The minimum absolute atomic E-state index is 0.241. The zero-order valence-corrected chi connectivity index (χ0v) is 14.6. The highest BCUT2D eigenvalue weighted by Crippen LogP contribution is 2.21. The van der Waals surface area contributed by atoms with Crippen molar-refractivity contribution in [3.63, 3.8) is 0 Å². The first-order valence-electron chi connectivity index (χ1n) is 8.37. The van der Waals surface area contributed by atoms with Crippen LogP contribution in [-0.4, -0.2) is 21.4 Å². The molecule has 6 nitrogen and oxygen atoms in total. The lowest BCUT2D eigenvalue weighted by atomic mass is 9.97. The fourth-order valence-electron chi connectivity index (χ4n) is 2.63. The third kappa shape index (κ3) is 4.30. The molecule has 7 heteroatoms. The van der Waals surface area contributed by atoms with Crippen molar-refractivity contribution in [3.8, 4) is 0 Å². The molecule has 0 aliphatic heterocycles. The standard InChI is InChI=1S/C19H20FN5O/c1-12(2)14-5-9-16(10-6-14)21-19(26)17(18-22-24-25-23-18)11-13-3-7-15(20)8-4-13/h3-10,12,17H,11H2,1-2H3,(H2,21,22,23,24,25,26)/p-1.